The van der Waals surface area contributed by atoms with E-state index in [1.165, 1.54) is 12.8 Å². The second-order valence-corrected chi connectivity index (χ2v) is 5.54. The molecule has 104 valence electrons. The monoisotopic (exact) mass is 256 g/mol. The summed E-state index contributed by atoms with van der Waals surface area (Å²) in [5.74, 6) is -0.00977. The molecule has 5 heteroatoms. The Balaban J connectivity index is 1.83. The lowest BCUT2D eigenvalue weighted by atomic mass is 10.2. The molecule has 0 aliphatic carbocycles. The molecule has 2 fully saturated rings. The van der Waals surface area contributed by atoms with Crippen molar-refractivity contribution in [2.75, 3.05) is 32.8 Å². The number of aliphatic hydroxyl groups is 1. The summed E-state index contributed by atoms with van der Waals surface area (Å²) in [5.41, 5.74) is 0. The Bertz CT molecular complexity index is 290. The van der Waals surface area contributed by atoms with Crippen LogP contribution in [0, 0.1) is 0 Å². The average Bonchev–Trinajstić information content (AvgIpc) is 2.94. The Morgan fingerprint density at radius 3 is 2.61 bits per heavy atom. The Labute approximate surface area is 109 Å². The van der Waals surface area contributed by atoms with Gasteiger partial charge in [0.25, 0.3) is 0 Å². The minimum atomic E-state index is -0.411. The molecule has 1 N–H and O–H groups in total. The van der Waals surface area contributed by atoms with E-state index in [-0.39, 0.29) is 24.7 Å². The largest absolute Gasteiger partial charge is 0.390 e. The van der Waals surface area contributed by atoms with Crippen molar-refractivity contribution in [3.8, 4) is 0 Å². The van der Waals surface area contributed by atoms with Crippen LogP contribution in [0.4, 0.5) is 0 Å². The van der Waals surface area contributed by atoms with Gasteiger partial charge in [0.05, 0.1) is 18.2 Å². The molecule has 0 aromatic heterocycles. The third-order valence-corrected chi connectivity index (χ3v) is 3.76. The van der Waals surface area contributed by atoms with Crippen molar-refractivity contribution < 1.29 is 14.6 Å². The number of likely N-dealkylation sites (tertiary alicyclic amines) is 2. The van der Waals surface area contributed by atoms with Crippen LogP contribution in [0.25, 0.3) is 0 Å². The fourth-order valence-electron chi connectivity index (χ4n) is 2.73. The summed E-state index contributed by atoms with van der Waals surface area (Å²) in [4.78, 5) is 16.0. The molecule has 5 nitrogen and oxygen atoms in total. The molecule has 2 heterocycles. The number of carbonyl (C=O) groups is 1. The molecule has 2 aliphatic rings. The molecule has 2 rings (SSSR count). The summed E-state index contributed by atoms with van der Waals surface area (Å²) in [6, 6.07) is 0.121. The summed E-state index contributed by atoms with van der Waals surface area (Å²) in [5, 5.41) is 10.1. The highest BCUT2D eigenvalue weighted by Crippen LogP contribution is 2.21. The van der Waals surface area contributed by atoms with Gasteiger partial charge in [0.1, 0.15) is 6.61 Å². The lowest BCUT2D eigenvalue weighted by Gasteiger charge is -2.25. The van der Waals surface area contributed by atoms with Crippen molar-refractivity contribution >= 4 is 5.91 Å². The molecular weight excluding hydrogens is 232 g/mol. The van der Waals surface area contributed by atoms with Crippen molar-refractivity contribution in [1.82, 2.24) is 9.80 Å². The van der Waals surface area contributed by atoms with E-state index in [1.54, 1.807) is 4.90 Å². The van der Waals surface area contributed by atoms with Gasteiger partial charge in [0, 0.05) is 13.1 Å². The molecular formula is C13H24N2O3. The highest BCUT2D eigenvalue weighted by molar-refractivity contribution is 5.78. The number of amides is 1. The molecule has 0 aromatic rings. The van der Waals surface area contributed by atoms with Gasteiger partial charge in [-0.05, 0) is 39.8 Å². The van der Waals surface area contributed by atoms with E-state index >= 15 is 0 Å². The van der Waals surface area contributed by atoms with Crippen molar-refractivity contribution in [2.45, 2.75) is 44.9 Å². The number of carbonyl (C=O) groups excluding carboxylic acids is 1. The molecule has 0 unspecified atom stereocenters. The lowest BCUT2D eigenvalue weighted by Crippen LogP contribution is -2.41. The van der Waals surface area contributed by atoms with E-state index in [0.717, 1.165) is 13.1 Å². The number of hydrogen-bond acceptors (Lipinski definition) is 4. The molecule has 2 aliphatic heterocycles. The van der Waals surface area contributed by atoms with Gasteiger partial charge < -0.3 is 14.7 Å². The van der Waals surface area contributed by atoms with Crippen LogP contribution >= 0.6 is 0 Å². The molecule has 0 saturated carbocycles. The number of ether oxygens (including phenoxy) is 1. The maximum Gasteiger partial charge on any atom is 0.248 e. The first-order valence-electron chi connectivity index (χ1n) is 6.89. The van der Waals surface area contributed by atoms with Gasteiger partial charge in [0.15, 0.2) is 0 Å². The summed E-state index contributed by atoms with van der Waals surface area (Å²) < 4.78 is 5.33. The van der Waals surface area contributed by atoms with E-state index < -0.39 is 6.10 Å². The summed E-state index contributed by atoms with van der Waals surface area (Å²) >= 11 is 0. The quantitative estimate of drug-likeness (QED) is 0.774. The standard InChI is InChI=1S/C13H24N2O3/c1-10(2)18-9-13(17)15-7-11(12(16)8-15)14-5-3-4-6-14/h10-12,16H,3-9H2,1-2H3/t11-,12-/m0/s1. The van der Waals surface area contributed by atoms with Crippen molar-refractivity contribution in [3.05, 3.63) is 0 Å². The molecule has 1 amide bonds. The zero-order chi connectivity index (χ0) is 13.1. The predicted octanol–water partition coefficient (Wildman–Crippen LogP) is 0.0789. The van der Waals surface area contributed by atoms with E-state index in [2.05, 4.69) is 4.90 Å². The lowest BCUT2D eigenvalue weighted by molar-refractivity contribution is -0.136. The SMILES string of the molecule is CC(C)OCC(=O)N1C[C@H](O)[C@@H](N2CCCC2)C1. The fraction of sp³-hybridized carbons (Fsp3) is 0.923. The van der Waals surface area contributed by atoms with E-state index in [1.807, 2.05) is 13.8 Å². The second kappa shape index (κ2) is 5.99. The van der Waals surface area contributed by atoms with E-state index in [9.17, 15) is 9.90 Å². The minimum absolute atomic E-state index is 0.00977. The number of aliphatic hydroxyl groups excluding tert-OH is 1. The number of nitrogens with zero attached hydrogens (tertiary/aromatic N) is 2. The van der Waals surface area contributed by atoms with E-state index in [4.69, 9.17) is 4.74 Å². The average molecular weight is 256 g/mol. The summed E-state index contributed by atoms with van der Waals surface area (Å²) in [6.07, 6.45) is 2.06. The Morgan fingerprint density at radius 1 is 1.33 bits per heavy atom. The van der Waals surface area contributed by atoms with Gasteiger partial charge in [-0.15, -0.1) is 0 Å². The second-order valence-electron chi connectivity index (χ2n) is 5.54. The van der Waals surface area contributed by atoms with Crippen LogP contribution in [0.3, 0.4) is 0 Å². The molecule has 0 bridgehead atoms. The minimum Gasteiger partial charge on any atom is -0.390 e. The summed E-state index contributed by atoms with van der Waals surface area (Å²) in [6.45, 7) is 7.14. The third kappa shape index (κ3) is 3.22. The molecule has 2 saturated heterocycles. The normalized spacial score (nSPS) is 29.4. The Kier molecular flexibility index (Phi) is 4.59. The van der Waals surface area contributed by atoms with Gasteiger partial charge in [-0.2, -0.15) is 0 Å². The number of hydrogen-bond donors (Lipinski definition) is 1. The van der Waals surface area contributed by atoms with Gasteiger partial charge in [-0.3, -0.25) is 9.69 Å². The maximum atomic E-state index is 11.9. The van der Waals surface area contributed by atoms with Crippen molar-refractivity contribution in [2.24, 2.45) is 0 Å². The maximum absolute atomic E-state index is 11.9. The highest BCUT2D eigenvalue weighted by atomic mass is 16.5. The first kappa shape index (κ1) is 13.8. The van der Waals surface area contributed by atoms with Gasteiger partial charge in [0.2, 0.25) is 5.91 Å². The predicted molar refractivity (Wildman–Crippen MR) is 68.3 cm³/mol. The zero-order valence-corrected chi connectivity index (χ0v) is 11.3. The van der Waals surface area contributed by atoms with Gasteiger partial charge in [-0.1, -0.05) is 0 Å². The van der Waals surface area contributed by atoms with Crippen LogP contribution in [-0.2, 0) is 9.53 Å². The highest BCUT2D eigenvalue weighted by Gasteiger charge is 2.38. The molecule has 0 aromatic carbocycles. The fourth-order valence-corrected chi connectivity index (χ4v) is 2.73. The molecule has 18 heavy (non-hydrogen) atoms. The van der Waals surface area contributed by atoms with Crippen LogP contribution in [0.5, 0.6) is 0 Å². The molecule has 0 spiro atoms. The Morgan fingerprint density at radius 2 is 2.00 bits per heavy atom. The van der Waals surface area contributed by atoms with Crippen LogP contribution in [0.15, 0.2) is 0 Å². The van der Waals surface area contributed by atoms with Crippen LogP contribution in [0.2, 0.25) is 0 Å². The van der Waals surface area contributed by atoms with Gasteiger partial charge >= 0.3 is 0 Å². The third-order valence-electron chi connectivity index (χ3n) is 3.76. The number of rotatable bonds is 4. The molecule has 0 radical (unpaired) electrons. The van der Waals surface area contributed by atoms with Crippen molar-refractivity contribution in [1.29, 1.82) is 0 Å². The topological polar surface area (TPSA) is 53.0 Å². The zero-order valence-electron chi connectivity index (χ0n) is 11.3. The Hall–Kier alpha value is -0.650. The van der Waals surface area contributed by atoms with Crippen LogP contribution < -0.4 is 0 Å². The van der Waals surface area contributed by atoms with Crippen LogP contribution in [-0.4, -0.2) is 71.8 Å². The van der Waals surface area contributed by atoms with E-state index in [0.29, 0.717) is 13.1 Å². The smallest absolute Gasteiger partial charge is 0.248 e. The molecule has 2 atom stereocenters. The van der Waals surface area contributed by atoms with Crippen molar-refractivity contribution in [3.63, 3.8) is 0 Å². The first-order chi connectivity index (χ1) is 8.58. The first-order valence-corrected chi connectivity index (χ1v) is 6.89. The summed E-state index contributed by atoms with van der Waals surface area (Å²) in [7, 11) is 0. The van der Waals surface area contributed by atoms with Gasteiger partial charge in [-0.25, -0.2) is 0 Å². The number of β-amino-alcohol motifs (C(OH)–C–C–N with tert-alkyl or cyclic N) is 1. The van der Waals surface area contributed by atoms with Crippen LogP contribution in [0.1, 0.15) is 26.7 Å².